The second kappa shape index (κ2) is 5.11. The van der Waals surface area contributed by atoms with Gasteiger partial charge in [0.25, 0.3) is 0 Å². The fourth-order valence-corrected chi connectivity index (χ4v) is 3.05. The zero-order chi connectivity index (χ0) is 15.3. The summed E-state index contributed by atoms with van der Waals surface area (Å²) in [4.78, 5) is 0. The van der Waals surface area contributed by atoms with Crippen LogP contribution in [0.2, 0.25) is 5.02 Å². The average molecular weight is 320 g/mol. The van der Waals surface area contributed by atoms with E-state index in [1.807, 2.05) is 22.9 Å². The molecule has 0 radical (unpaired) electrons. The number of halogens is 2. The van der Waals surface area contributed by atoms with Crippen LogP contribution in [0.1, 0.15) is 24.5 Å². The number of aliphatic hydroxyl groups is 1. The highest BCUT2D eigenvalue weighted by Crippen LogP contribution is 2.44. The fourth-order valence-electron chi connectivity index (χ4n) is 2.90. The van der Waals surface area contributed by atoms with Gasteiger partial charge in [-0.2, -0.15) is 5.10 Å². The van der Waals surface area contributed by atoms with Gasteiger partial charge in [0.15, 0.2) is 5.82 Å². The minimum Gasteiger partial charge on any atom is -0.394 e. The predicted octanol–water partition coefficient (Wildman–Crippen LogP) is 3.49. The summed E-state index contributed by atoms with van der Waals surface area (Å²) < 4.78 is 18.1. The number of aromatic nitrogens is 3. The van der Waals surface area contributed by atoms with Crippen LogP contribution in [0.3, 0.4) is 0 Å². The molecule has 0 bridgehead atoms. The molecule has 0 aliphatic heterocycles. The Kier molecular flexibility index (Phi) is 3.20. The minimum absolute atomic E-state index is 0.0171. The van der Waals surface area contributed by atoms with E-state index in [-0.39, 0.29) is 11.6 Å². The molecule has 1 aliphatic carbocycles. The van der Waals surface area contributed by atoms with Crippen molar-refractivity contribution in [3.8, 4) is 5.69 Å². The summed E-state index contributed by atoms with van der Waals surface area (Å²) in [5, 5.41) is 14.2. The zero-order valence-corrected chi connectivity index (χ0v) is 12.6. The van der Waals surface area contributed by atoms with E-state index in [4.69, 9.17) is 16.7 Å². The van der Waals surface area contributed by atoms with Gasteiger partial charge in [-0.15, -0.1) is 0 Å². The first-order valence-electron chi connectivity index (χ1n) is 7.32. The zero-order valence-electron chi connectivity index (χ0n) is 11.8. The maximum Gasteiger partial charge on any atom is 0.166 e. The Balaban J connectivity index is 1.96. The lowest BCUT2D eigenvalue weighted by atomic mass is 10.2. The van der Waals surface area contributed by atoms with Crippen molar-refractivity contribution in [3.63, 3.8) is 0 Å². The number of hydrogen-bond donors (Lipinski definition) is 1. The Morgan fingerprint density at radius 3 is 2.91 bits per heavy atom. The third-order valence-corrected chi connectivity index (χ3v) is 4.38. The maximum atomic E-state index is 14.6. The third kappa shape index (κ3) is 2.12. The lowest BCUT2D eigenvalue weighted by Gasteiger charge is -2.08. The lowest BCUT2D eigenvalue weighted by molar-refractivity contribution is 0.269. The Morgan fingerprint density at radius 2 is 2.18 bits per heavy atom. The molecule has 4 nitrogen and oxygen atoms in total. The van der Waals surface area contributed by atoms with Gasteiger partial charge in [-0.05, 0) is 30.9 Å². The molecular weight excluding hydrogens is 305 g/mol. The van der Waals surface area contributed by atoms with Gasteiger partial charge in [-0.3, -0.25) is 4.68 Å². The number of fused-ring (bicyclic) bond motifs is 1. The number of benzene rings is 1. The molecule has 1 aromatic carbocycles. The standard InChI is InChI=1S/C16H15ClFN3O/c17-13-4-3-11-7-14(10-1-2-10)21(16(11)15(13)18)12-8-19-20(9-12)5-6-22/h3-4,7-10,22H,1-2,5-6H2. The van der Waals surface area contributed by atoms with Crippen LogP contribution in [0.4, 0.5) is 4.39 Å². The summed E-state index contributed by atoms with van der Waals surface area (Å²) >= 11 is 5.96. The number of rotatable bonds is 4. The van der Waals surface area contributed by atoms with Gasteiger partial charge in [0.1, 0.15) is 0 Å². The maximum absolute atomic E-state index is 14.6. The largest absolute Gasteiger partial charge is 0.394 e. The molecule has 3 aromatic rings. The van der Waals surface area contributed by atoms with Gasteiger partial charge < -0.3 is 9.67 Å². The molecule has 22 heavy (non-hydrogen) atoms. The van der Waals surface area contributed by atoms with Crippen molar-refractivity contribution < 1.29 is 9.50 Å². The number of hydrogen-bond acceptors (Lipinski definition) is 2. The Hall–Kier alpha value is -1.85. The molecule has 2 heterocycles. The second-order valence-corrected chi connectivity index (χ2v) is 6.07. The normalized spacial score (nSPS) is 14.9. The van der Waals surface area contributed by atoms with E-state index in [1.54, 1.807) is 16.9 Å². The monoisotopic (exact) mass is 319 g/mol. The fraction of sp³-hybridized carbons (Fsp3) is 0.312. The second-order valence-electron chi connectivity index (χ2n) is 5.66. The number of nitrogens with zero attached hydrogens (tertiary/aromatic N) is 3. The van der Waals surface area contributed by atoms with Gasteiger partial charge in [-0.25, -0.2) is 4.39 Å². The molecule has 0 spiro atoms. The van der Waals surface area contributed by atoms with Crippen molar-refractivity contribution in [2.45, 2.75) is 25.3 Å². The van der Waals surface area contributed by atoms with Crippen LogP contribution in [0, 0.1) is 5.82 Å². The molecule has 1 N–H and O–H groups in total. The van der Waals surface area contributed by atoms with Crippen LogP contribution < -0.4 is 0 Å². The molecule has 2 aromatic heterocycles. The average Bonchev–Trinajstić information content (AvgIpc) is 3.12. The van der Waals surface area contributed by atoms with Crippen molar-refractivity contribution in [1.29, 1.82) is 0 Å². The van der Waals surface area contributed by atoms with E-state index < -0.39 is 5.82 Å². The van der Waals surface area contributed by atoms with Crippen LogP contribution in [0.15, 0.2) is 30.6 Å². The van der Waals surface area contributed by atoms with Crippen LogP contribution in [0.25, 0.3) is 16.6 Å². The molecule has 1 saturated carbocycles. The van der Waals surface area contributed by atoms with Crippen LogP contribution in [-0.2, 0) is 6.54 Å². The first-order valence-corrected chi connectivity index (χ1v) is 7.70. The van der Waals surface area contributed by atoms with Crippen LogP contribution >= 0.6 is 11.6 Å². The van der Waals surface area contributed by atoms with E-state index in [2.05, 4.69) is 5.10 Å². The van der Waals surface area contributed by atoms with Gasteiger partial charge in [0.05, 0.1) is 35.6 Å². The van der Waals surface area contributed by atoms with Crippen molar-refractivity contribution in [2.75, 3.05) is 6.61 Å². The molecule has 6 heteroatoms. The smallest absolute Gasteiger partial charge is 0.166 e. The van der Waals surface area contributed by atoms with E-state index in [0.717, 1.165) is 29.6 Å². The summed E-state index contributed by atoms with van der Waals surface area (Å²) in [6.45, 7) is 0.435. The molecular formula is C16H15ClFN3O. The quantitative estimate of drug-likeness (QED) is 0.800. The summed E-state index contributed by atoms with van der Waals surface area (Å²) in [6, 6.07) is 5.48. The van der Waals surface area contributed by atoms with E-state index in [9.17, 15) is 4.39 Å². The van der Waals surface area contributed by atoms with E-state index >= 15 is 0 Å². The highest BCUT2D eigenvalue weighted by atomic mass is 35.5. The van der Waals surface area contributed by atoms with E-state index in [0.29, 0.717) is 18.0 Å². The summed E-state index contributed by atoms with van der Waals surface area (Å²) in [6.07, 6.45) is 5.76. The van der Waals surface area contributed by atoms with Crippen molar-refractivity contribution in [2.24, 2.45) is 0 Å². The Labute approximate surface area is 131 Å². The molecule has 114 valence electrons. The third-order valence-electron chi connectivity index (χ3n) is 4.09. The number of aliphatic hydroxyl groups excluding tert-OH is 1. The first kappa shape index (κ1) is 13.8. The van der Waals surface area contributed by atoms with Crippen molar-refractivity contribution >= 4 is 22.5 Å². The highest BCUT2D eigenvalue weighted by Gasteiger charge is 2.29. The molecule has 0 amide bonds. The van der Waals surface area contributed by atoms with Gasteiger partial charge in [-0.1, -0.05) is 17.7 Å². The van der Waals surface area contributed by atoms with Crippen LogP contribution in [0.5, 0.6) is 0 Å². The van der Waals surface area contributed by atoms with Crippen LogP contribution in [-0.4, -0.2) is 26.1 Å². The molecule has 4 rings (SSSR count). The van der Waals surface area contributed by atoms with E-state index in [1.165, 1.54) is 0 Å². The van der Waals surface area contributed by atoms with Gasteiger partial charge >= 0.3 is 0 Å². The van der Waals surface area contributed by atoms with Crippen molar-refractivity contribution in [1.82, 2.24) is 14.3 Å². The van der Waals surface area contributed by atoms with Gasteiger partial charge in [0, 0.05) is 17.3 Å². The van der Waals surface area contributed by atoms with Crippen molar-refractivity contribution in [3.05, 3.63) is 47.1 Å². The molecule has 0 atom stereocenters. The highest BCUT2D eigenvalue weighted by molar-refractivity contribution is 6.31. The topological polar surface area (TPSA) is 43.0 Å². The summed E-state index contributed by atoms with van der Waals surface area (Å²) in [7, 11) is 0. The first-order chi connectivity index (χ1) is 10.7. The Bertz CT molecular complexity index is 851. The lowest BCUT2D eigenvalue weighted by Crippen LogP contribution is -2.02. The Morgan fingerprint density at radius 1 is 1.36 bits per heavy atom. The van der Waals surface area contributed by atoms with Gasteiger partial charge in [0.2, 0.25) is 0 Å². The summed E-state index contributed by atoms with van der Waals surface area (Å²) in [5.41, 5.74) is 2.39. The molecule has 0 saturated heterocycles. The SMILES string of the molecule is OCCn1cc(-n2c(C3CC3)cc3ccc(Cl)c(F)c32)cn1. The predicted molar refractivity (Wildman–Crippen MR) is 83.1 cm³/mol. The summed E-state index contributed by atoms with van der Waals surface area (Å²) in [5.74, 6) is 0.0627. The molecule has 1 aliphatic rings. The minimum atomic E-state index is -0.402. The molecule has 1 fully saturated rings. The molecule has 0 unspecified atom stereocenters.